The summed E-state index contributed by atoms with van der Waals surface area (Å²) in [6.07, 6.45) is 0.847. The van der Waals surface area contributed by atoms with Crippen LogP contribution >= 0.6 is 11.6 Å². The first-order chi connectivity index (χ1) is 17.1. The molecule has 2 aromatic rings. The summed E-state index contributed by atoms with van der Waals surface area (Å²) in [5, 5.41) is 13.5. The first kappa shape index (κ1) is 28.0. The molecule has 1 heterocycles. The number of hydrogen-bond donors (Lipinski definition) is 2. The number of aliphatic hydroxyl groups is 1. The number of alkyl halides is 3. The smallest absolute Gasteiger partial charge is 0.369 e. The molecule has 36 heavy (non-hydrogen) atoms. The van der Waals surface area contributed by atoms with Gasteiger partial charge in [0, 0.05) is 25.7 Å². The van der Waals surface area contributed by atoms with Crippen LogP contribution in [-0.4, -0.2) is 48.1 Å². The highest BCUT2D eigenvalue weighted by Crippen LogP contribution is 2.41. The van der Waals surface area contributed by atoms with Crippen molar-refractivity contribution < 1.29 is 27.9 Å². The lowest BCUT2D eigenvalue weighted by atomic mass is 9.87. The highest BCUT2D eigenvalue weighted by atomic mass is 35.5. The SMILES string of the molecule is CNC(=O)c1ccc(CCCCCC2CCN(C(=O)C(O)(c3ccccc3)C(F)(F)F)CC2)cc1Cl. The van der Waals surface area contributed by atoms with Gasteiger partial charge in [0.1, 0.15) is 0 Å². The number of aryl methyl sites for hydroxylation is 1. The number of unbranched alkanes of at least 4 members (excludes halogenated alkanes) is 2. The van der Waals surface area contributed by atoms with Gasteiger partial charge in [-0.3, -0.25) is 9.59 Å². The minimum atomic E-state index is -5.12. The first-order valence-corrected chi connectivity index (χ1v) is 12.6. The Morgan fingerprint density at radius 3 is 2.31 bits per heavy atom. The predicted molar refractivity (Wildman–Crippen MR) is 133 cm³/mol. The van der Waals surface area contributed by atoms with Gasteiger partial charge in [0.15, 0.2) is 0 Å². The Labute approximate surface area is 214 Å². The van der Waals surface area contributed by atoms with E-state index in [1.54, 1.807) is 13.1 Å². The van der Waals surface area contributed by atoms with Crippen LogP contribution in [0, 0.1) is 5.92 Å². The van der Waals surface area contributed by atoms with E-state index in [1.165, 1.54) is 18.2 Å². The van der Waals surface area contributed by atoms with Crippen molar-refractivity contribution in [3.05, 3.63) is 70.2 Å². The molecule has 1 saturated heterocycles. The third kappa shape index (κ3) is 6.40. The van der Waals surface area contributed by atoms with Crippen molar-refractivity contribution in [2.45, 2.75) is 56.7 Å². The number of likely N-dealkylation sites (tertiary alicyclic amines) is 1. The van der Waals surface area contributed by atoms with Crippen molar-refractivity contribution in [2.24, 2.45) is 5.92 Å². The van der Waals surface area contributed by atoms with Gasteiger partial charge in [0.05, 0.1) is 10.6 Å². The van der Waals surface area contributed by atoms with E-state index in [-0.39, 0.29) is 19.0 Å². The lowest BCUT2D eigenvalue weighted by Crippen LogP contribution is -2.57. The second-order valence-electron chi connectivity index (χ2n) is 9.30. The number of nitrogens with zero attached hydrogens (tertiary/aromatic N) is 1. The van der Waals surface area contributed by atoms with Gasteiger partial charge in [-0.25, -0.2) is 0 Å². The molecule has 3 rings (SSSR count). The van der Waals surface area contributed by atoms with Crippen LogP contribution in [0.3, 0.4) is 0 Å². The van der Waals surface area contributed by atoms with Crippen LogP contribution in [0.15, 0.2) is 48.5 Å². The molecular formula is C27H32ClF3N2O3. The number of rotatable bonds is 9. The third-order valence-corrected chi connectivity index (χ3v) is 7.21. The summed E-state index contributed by atoms with van der Waals surface area (Å²) in [5.41, 5.74) is -2.49. The topological polar surface area (TPSA) is 69.6 Å². The number of amides is 2. The standard InChI is InChI=1S/C27H32ClF3N2O3/c1-32-24(34)22-13-12-20(18-23(22)28)9-5-2-4-8-19-14-16-33(17-15-19)25(35)26(36,27(29,30)31)21-10-6-3-7-11-21/h3,6-7,10-13,18-19,36H,2,4-5,8-9,14-17H2,1H3,(H,32,34). The number of piperidine rings is 1. The molecule has 0 radical (unpaired) electrons. The van der Waals surface area contributed by atoms with Crippen LogP contribution in [-0.2, 0) is 16.8 Å². The summed E-state index contributed by atoms with van der Waals surface area (Å²) in [6, 6.07) is 12.0. The monoisotopic (exact) mass is 524 g/mol. The Hall–Kier alpha value is -2.58. The average Bonchev–Trinajstić information content (AvgIpc) is 2.87. The summed E-state index contributed by atoms with van der Waals surface area (Å²) < 4.78 is 41.4. The minimum absolute atomic E-state index is 0.199. The van der Waals surface area contributed by atoms with Crippen molar-refractivity contribution >= 4 is 23.4 Å². The van der Waals surface area contributed by atoms with Crippen LogP contribution in [0.5, 0.6) is 0 Å². The van der Waals surface area contributed by atoms with Gasteiger partial charge in [-0.1, -0.05) is 67.3 Å². The van der Waals surface area contributed by atoms with Crippen LogP contribution in [0.1, 0.15) is 60.0 Å². The van der Waals surface area contributed by atoms with E-state index in [9.17, 15) is 27.9 Å². The number of carbonyl (C=O) groups excluding carboxylic acids is 2. The van der Waals surface area contributed by atoms with Gasteiger partial charge in [0.25, 0.3) is 17.4 Å². The fourth-order valence-electron chi connectivity index (χ4n) is 4.71. The molecule has 196 valence electrons. The molecule has 5 nitrogen and oxygen atoms in total. The maximum absolute atomic E-state index is 13.8. The molecule has 1 fully saturated rings. The zero-order chi connectivity index (χ0) is 26.3. The molecule has 1 aliphatic rings. The zero-order valence-corrected chi connectivity index (χ0v) is 21.0. The van der Waals surface area contributed by atoms with Crippen molar-refractivity contribution in [1.29, 1.82) is 0 Å². The van der Waals surface area contributed by atoms with E-state index in [0.717, 1.165) is 54.7 Å². The number of hydrogen-bond acceptors (Lipinski definition) is 3. The normalized spacial score (nSPS) is 16.4. The molecule has 1 aliphatic heterocycles. The lowest BCUT2D eigenvalue weighted by molar-refractivity contribution is -0.262. The fraction of sp³-hybridized carbons (Fsp3) is 0.481. The first-order valence-electron chi connectivity index (χ1n) is 12.2. The molecule has 2 amide bonds. The summed E-state index contributed by atoms with van der Waals surface area (Å²) in [6.45, 7) is 0.399. The van der Waals surface area contributed by atoms with Crippen molar-refractivity contribution in [3.8, 4) is 0 Å². The van der Waals surface area contributed by atoms with E-state index in [1.807, 2.05) is 12.1 Å². The van der Waals surface area contributed by atoms with Crippen molar-refractivity contribution in [3.63, 3.8) is 0 Å². The molecule has 0 saturated carbocycles. The van der Waals surface area contributed by atoms with Gasteiger partial charge in [0.2, 0.25) is 0 Å². The van der Waals surface area contributed by atoms with E-state index >= 15 is 0 Å². The Bertz CT molecular complexity index is 1040. The third-order valence-electron chi connectivity index (χ3n) is 6.90. The largest absolute Gasteiger partial charge is 0.430 e. The molecule has 2 aromatic carbocycles. The molecule has 1 unspecified atom stereocenters. The average molecular weight is 525 g/mol. The quantitative estimate of drug-likeness (QED) is 0.426. The van der Waals surface area contributed by atoms with Crippen LogP contribution in [0.4, 0.5) is 13.2 Å². The lowest BCUT2D eigenvalue weighted by Gasteiger charge is -2.38. The minimum Gasteiger partial charge on any atom is -0.369 e. The Morgan fingerprint density at radius 2 is 1.72 bits per heavy atom. The van der Waals surface area contributed by atoms with Gasteiger partial charge in [-0.2, -0.15) is 13.2 Å². The molecule has 0 aliphatic carbocycles. The van der Waals surface area contributed by atoms with E-state index in [2.05, 4.69) is 5.32 Å². The molecule has 9 heteroatoms. The van der Waals surface area contributed by atoms with Crippen LogP contribution < -0.4 is 5.32 Å². The summed E-state index contributed by atoms with van der Waals surface area (Å²) in [4.78, 5) is 25.7. The molecule has 0 aromatic heterocycles. The Morgan fingerprint density at radius 1 is 1.06 bits per heavy atom. The molecule has 0 bridgehead atoms. The predicted octanol–water partition coefficient (Wildman–Crippen LogP) is 5.49. The fourth-order valence-corrected chi connectivity index (χ4v) is 5.00. The van der Waals surface area contributed by atoms with Crippen molar-refractivity contribution in [2.75, 3.05) is 20.1 Å². The summed E-state index contributed by atoms with van der Waals surface area (Å²) in [7, 11) is 1.56. The summed E-state index contributed by atoms with van der Waals surface area (Å²) >= 11 is 6.20. The van der Waals surface area contributed by atoms with E-state index in [0.29, 0.717) is 29.3 Å². The Balaban J connectivity index is 1.44. The van der Waals surface area contributed by atoms with Crippen LogP contribution in [0.2, 0.25) is 5.02 Å². The highest BCUT2D eigenvalue weighted by Gasteiger charge is 2.62. The second kappa shape index (κ2) is 12.1. The number of carbonyl (C=O) groups is 2. The van der Waals surface area contributed by atoms with E-state index in [4.69, 9.17) is 11.6 Å². The number of benzene rings is 2. The van der Waals surface area contributed by atoms with Gasteiger partial charge in [-0.15, -0.1) is 0 Å². The zero-order valence-electron chi connectivity index (χ0n) is 20.3. The second-order valence-corrected chi connectivity index (χ2v) is 9.71. The highest BCUT2D eigenvalue weighted by molar-refractivity contribution is 6.33. The maximum Gasteiger partial charge on any atom is 0.430 e. The van der Waals surface area contributed by atoms with Gasteiger partial charge < -0.3 is 15.3 Å². The van der Waals surface area contributed by atoms with Crippen LogP contribution in [0.25, 0.3) is 0 Å². The van der Waals surface area contributed by atoms with Crippen molar-refractivity contribution in [1.82, 2.24) is 10.2 Å². The van der Waals surface area contributed by atoms with Gasteiger partial charge >= 0.3 is 6.18 Å². The van der Waals surface area contributed by atoms with E-state index < -0.39 is 23.2 Å². The molecule has 2 N–H and O–H groups in total. The van der Waals surface area contributed by atoms with Gasteiger partial charge in [-0.05, 0) is 49.3 Å². The summed E-state index contributed by atoms with van der Waals surface area (Å²) in [5.74, 6) is -1.19. The molecular weight excluding hydrogens is 493 g/mol. The molecule has 1 atom stereocenters. The number of halogens is 4. The Kier molecular flexibility index (Phi) is 9.41. The molecule has 0 spiro atoms. The number of nitrogens with one attached hydrogen (secondary N) is 1. The maximum atomic E-state index is 13.8.